The highest BCUT2D eigenvalue weighted by Crippen LogP contribution is 2.36. The van der Waals surface area contributed by atoms with E-state index in [-0.39, 0.29) is 24.0 Å². The van der Waals surface area contributed by atoms with Crippen LogP contribution < -0.4 is 25.0 Å². The zero-order valence-corrected chi connectivity index (χ0v) is 21.9. The minimum Gasteiger partial charge on any atom is -0.493 e. The molecule has 1 fully saturated rings. The zero-order chi connectivity index (χ0) is 25.6. The smallest absolute Gasteiger partial charge is 0.258 e. The van der Waals surface area contributed by atoms with E-state index in [1.54, 1.807) is 20.1 Å². The number of ether oxygens (including phenoxy) is 2. The third-order valence-electron chi connectivity index (χ3n) is 5.61. The average Bonchev–Trinajstić information content (AvgIpc) is 2.81. The molecule has 3 rings (SSSR count). The Labute approximate surface area is 212 Å². The van der Waals surface area contributed by atoms with E-state index in [2.05, 4.69) is 27.7 Å². The second kappa shape index (κ2) is 11.5. The molecule has 0 saturated carbocycles. The monoisotopic (exact) mass is 502 g/mol. The maximum Gasteiger partial charge on any atom is 0.258 e. The fourth-order valence-corrected chi connectivity index (χ4v) is 4.17. The quantitative estimate of drug-likeness (QED) is 0.569. The summed E-state index contributed by atoms with van der Waals surface area (Å²) in [4.78, 5) is 27.8. The predicted octanol–water partition coefficient (Wildman–Crippen LogP) is 3.92. The van der Waals surface area contributed by atoms with Crippen molar-refractivity contribution in [3.05, 3.63) is 47.0 Å². The van der Waals surface area contributed by atoms with E-state index in [1.165, 1.54) is 0 Å². The fraction of sp³-hybridized carbons (Fsp3) is 0.462. The van der Waals surface area contributed by atoms with Crippen molar-refractivity contribution in [1.29, 1.82) is 0 Å². The Bertz CT molecular complexity index is 1030. The molecule has 0 aromatic heterocycles. The van der Waals surface area contributed by atoms with Gasteiger partial charge >= 0.3 is 0 Å². The van der Waals surface area contributed by atoms with Gasteiger partial charge in [-0.1, -0.05) is 11.6 Å². The van der Waals surface area contributed by atoms with Gasteiger partial charge in [0.05, 0.1) is 12.1 Å². The number of hydrogen-bond donors (Lipinski definition) is 2. The molecule has 9 heteroatoms. The summed E-state index contributed by atoms with van der Waals surface area (Å²) in [6.45, 7) is 10.9. The van der Waals surface area contributed by atoms with Gasteiger partial charge in [0, 0.05) is 56.6 Å². The molecule has 1 saturated heterocycles. The molecule has 2 N–H and O–H groups in total. The lowest BCUT2D eigenvalue weighted by atomic mass is 10.1. The molecule has 2 aromatic rings. The summed E-state index contributed by atoms with van der Waals surface area (Å²) in [5.74, 6) is 0.714. The molecule has 0 bridgehead atoms. The van der Waals surface area contributed by atoms with Crippen molar-refractivity contribution in [3.8, 4) is 11.5 Å². The van der Waals surface area contributed by atoms with E-state index in [1.807, 2.05) is 43.9 Å². The summed E-state index contributed by atoms with van der Waals surface area (Å²) in [6, 6.07) is 11.9. The summed E-state index contributed by atoms with van der Waals surface area (Å²) >= 11 is 6.45. The lowest BCUT2D eigenvalue weighted by molar-refractivity contribution is -0.129. The topological polar surface area (TPSA) is 83.1 Å². The highest BCUT2D eigenvalue weighted by Gasteiger charge is 2.19. The molecule has 1 aliphatic rings. The minimum absolute atomic E-state index is 0.131. The number of hydrogen-bond acceptors (Lipinski definition) is 6. The number of piperazine rings is 1. The van der Waals surface area contributed by atoms with Gasteiger partial charge in [0.25, 0.3) is 5.91 Å². The summed E-state index contributed by atoms with van der Waals surface area (Å²) in [6.07, 6.45) is 0. The lowest BCUT2D eigenvalue weighted by Gasteiger charge is -2.35. The van der Waals surface area contributed by atoms with Crippen LogP contribution in [0, 0.1) is 0 Å². The Kier molecular flexibility index (Phi) is 8.72. The van der Waals surface area contributed by atoms with Crippen LogP contribution in [0.2, 0.25) is 5.02 Å². The van der Waals surface area contributed by atoms with Crippen molar-refractivity contribution < 1.29 is 19.1 Å². The molecule has 0 aliphatic carbocycles. The Morgan fingerprint density at radius 3 is 2.29 bits per heavy atom. The molecule has 0 unspecified atom stereocenters. The summed E-state index contributed by atoms with van der Waals surface area (Å²) in [7, 11) is 1.54. The Morgan fingerprint density at radius 1 is 1.06 bits per heavy atom. The molecular formula is C26H35ClN4O4. The normalized spacial score (nSPS) is 13.9. The van der Waals surface area contributed by atoms with E-state index in [0.717, 1.165) is 43.1 Å². The number of rotatable bonds is 8. The zero-order valence-electron chi connectivity index (χ0n) is 21.1. The molecule has 1 heterocycles. The van der Waals surface area contributed by atoms with Gasteiger partial charge in [-0.2, -0.15) is 0 Å². The van der Waals surface area contributed by atoms with Crippen LogP contribution in [-0.4, -0.2) is 62.1 Å². The second-order valence-electron chi connectivity index (χ2n) is 9.59. The Morgan fingerprint density at radius 2 is 1.71 bits per heavy atom. The molecule has 0 radical (unpaired) electrons. The molecule has 1 aliphatic heterocycles. The third kappa shape index (κ3) is 7.68. The van der Waals surface area contributed by atoms with E-state index < -0.39 is 0 Å². The molecule has 8 nitrogen and oxygen atoms in total. The highest BCUT2D eigenvalue weighted by molar-refractivity contribution is 6.32. The number of anilines is 2. The van der Waals surface area contributed by atoms with Gasteiger partial charge in [0.1, 0.15) is 0 Å². The average molecular weight is 503 g/mol. The van der Waals surface area contributed by atoms with E-state index in [0.29, 0.717) is 23.1 Å². The largest absolute Gasteiger partial charge is 0.493 e. The number of methoxy groups -OCH3 is 1. The first-order chi connectivity index (χ1) is 16.6. The Balaban J connectivity index is 1.57. The molecule has 2 amide bonds. The van der Waals surface area contributed by atoms with Crippen molar-refractivity contribution in [2.45, 2.75) is 39.8 Å². The van der Waals surface area contributed by atoms with Crippen LogP contribution in [-0.2, 0) is 16.1 Å². The first-order valence-corrected chi connectivity index (χ1v) is 12.1. The number of carbonyl (C=O) groups is 2. The fourth-order valence-electron chi connectivity index (χ4n) is 3.88. The highest BCUT2D eigenvalue weighted by atomic mass is 35.5. The van der Waals surface area contributed by atoms with Gasteiger partial charge in [0.15, 0.2) is 18.1 Å². The SMILES string of the molecule is COc1cc(CNc2ccc(N3CCN(C(C)=O)CC3)cc2)cc(Cl)c1OCC(=O)NC(C)(C)C. The first kappa shape index (κ1) is 26.5. The van der Waals surface area contributed by atoms with E-state index in [4.69, 9.17) is 21.1 Å². The number of benzene rings is 2. The molecule has 0 spiro atoms. The Hall–Kier alpha value is -3.13. The van der Waals surface area contributed by atoms with Crippen molar-refractivity contribution in [1.82, 2.24) is 10.2 Å². The number of nitrogens with zero attached hydrogens (tertiary/aromatic N) is 2. The van der Waals surface area contributed by atoms with Crippen molar-refractivity contribution in [3.63, 3.8) is 0 Å². The van der Waals surface area contributed by atoms with E-state index >= 15 is 0 Å². The lowest BCUT2D eigenvalue weighted by Crippen LogP contribution is -2.48. The van der Waals surface area contributed by atoms with Crippen molar-refractivity contribution in [2.24, 2.45) is 0 Å². The summed E-state index contributed by atoms with van der Waals surface area (Å²) in [5, 5.41) is 6.63. The van der Waals surface area contributed by atoms with Gasteiger partial charge in [-0.05, 0) is 62.7 Å². The maximum atomic E-state index is 12.1. The molecule has 190 valence electrons. The van der Waals surface area contributed by atoms with Crippen LogP contribution in [0.1, 0.15) is 33.3 Å². The molecule has 2 aromatic carbocycles. The van der Waals surface area contributed by atoms with Gasteiger partial charge in [-0.25, -0.2) is 0 Å². The van der Waals surface area contributed by atoms with Crippen molar-refractivity contribution in [2.75, 3.05) is 50.1 Å². The third-order valence-corrected chi connectivity index (χ3v) is 5.89. The summed E-state index contributed by atoms with van der Waals surface area (Å²) < 4.78 is 11.1. The van der Waals surface area contributed by atoms with E-state index in [9.17, 15) is 9.59 Å². The molecular weight excluding hydrogens is 468 g/mol. The second-order valence-corrected chi connectivity index (χ2v) is 10.00. The van der Waals surface area contributed by atoms with Gasteiger partial charge in [-0.15, -0.1) is 0 Å². The minimum atomic E-state index is -0.341. The number of nitrogens with one attached hydrogen (secondary N) is 2. The molecule has 35 heavy (non-hydrogen) atoms. The van der Waals surface area contributed by atoms with Crippen molar-refractivity contribution >= 4 is 34.8 Å². The first-order valence-electron chi connectivity index (χ1n) is 11.7. The van der Waals surface area contributed by atoms with Gasteiger partial charge in [-0.3, -0.25) is 9.59 Å². The standard InChI is InChI=1S/C26H35ClN4O4/c1-18(32)30-10-12-31(13-11-30)21-8-6-20(7-9-21)28-16-19-14-22(27)25(23(15-19)34-5)35-17-24(33)29-26(2,3)4/h6-9,14-15,28H,10-13,16-17H2,1-5H3,(H,29,33). The predicted molar refractivity (Wildman–Crippen MR) is 140 cm³/mol. The van der Waals surface area contributed by atoms with Gasteiger partial charge in [0.2, 0.25) is 5.91 Å². The van der Waals surface area contributed by atoms with Crippen LogP contribution in [0.25, 0.3) is 0 Å². The number of amides is 2. The van der Waals surface area contributed by atoms with Crippen LogP contribution in [0.15, 0.2) is 36.4 Å². The molecule has 0 atom stereocenters. The maximum absolute atomic E-state index is 12.1. The van der Waals surface area contributed by atoms with Crippen LogP contribution in [0.4, 0.5) is 11.4 Å². The summed E-state index contributed by atoms with van der Waals surface area (Å²) in [5.41, 5.74) is 2.70. The number of carbonyl (C=O) groups excluding carboxylic acids is 2. The number of halogens is 1. The van der Waals surface area contributed by atoms with Gasteiger partial charge < -0.3 is 29.9 Å². The van der Waals surface area contributed by atoms with Crippen LogP contribution in [0.3, 0.4) is 0 Å². The van der Waals surface area contributed by atoms with Crippen LogP contribution >= 0.6 is 11.6 Å². The van der Waals surface area contributed by atoms with Crippen LogP contribution in [0.5, 0.6) is 11.5 Å².